The molecule has 0 bridgehead atoms. The molecule has 12 heavy (non-hydrogen) atoms. The predicted octanol–water partition coefficient (Wildman–Crippen LogP) is -0.258. The number of likely N-dealkylation sites (N-methyl/N-ethyl adjacent to an activating group) is 1. The molecule has 1 saturated heterocycles. The lowest BCUT2D eigenvalue weighted by atomic mass is 10.2. The Hall–Kier alpha value is -0.900. The molecule has 0 aliphatic carbocycles. The first kappa shape index (κ1) is 9.19. The Morgan fingerprint density at radius 1 is 1.58 bits per heavy atom. The second kappa shape index (κ2) is 3.67. The van der Waals surface area contributed by atoms with Crippen molar-refractivity contribution in [2.45, 2.75) is 31.8 Å². The van der Waals surface area contributed by atoms with Crippen molar-refractivity contribution < 1.29 is 9.59 Å². The Morgan fingerprint density at radius 2 is 2.25 bits per heavy atom. The van der Waals surface area contributed by atoms with E-state index in [9.17, 15) is 9.59 Å². The van der Waals surface area contributed by atoms with E-state index < -0.39 is 0 Å². The van der Waals surface area contributed by atoms with Crippen LogP contribution < -0.4 is 5.32 Å². The molecular formula is C8H14N2O2. The van der Waals surface area contributed by atoms with Crippen molar-refractivity contribution in [2.75, 3.05) is 7.05 Å². The summed E-state index contributed by atoms with van der Waals surface area (Å²) >= 11 is 0. The highest BCUT2D eigenvalue weighted by molar-refractivity contribution is 5.90. The van der Waals surface area contributed by atoms with Gasteiger partial charge in [-0.1, -0.05) is 0 Å². The fourth-order valence-electron chi connectivity index (χ4n) is 1.42. The first-order chi connectivity index (χ1) is 5.65. The van der Waals surface area contributed by atoms with Crippen LogP contribution in [0.5, 0.6) is 0 Å². The van der Waals surface area contributed by atoms with E-state index in [-0.39, 0.29) is 11.9 Å². The smallest absolute Gasteiger partial charge is 0.245 e. The van der Waals surface area contributed by atoms with Crippen LogP contribution in [-0.2, 0) is 9.59 Å². The Morgan fingerprint density at radius 3 is 2.67 bits per heavy atom. The minimum Gasteiger partial charge on any atom is -0.303 e. The van der Waals surface area contributed by atoms with Gasteiger partial charge in [0.05, 0.1) is 6.04 Å². The monoisotopic (exact) mass is 170 g/mol. The van der Waals surface area contributed by atoms with Crippen molar-refractivity contribution in [3.05, 3.63) is 0 Å². The van der Waals surface area contributed by atoms with Crippen LogP contribution in [0.3, 0.4) is 0 Å². The minimum atomic E-state index is -0.157. The molecule has 0 radical (unpaired) electrons. The largest absolute Gasteiger partial charge is 0.303 e. The SMILES string of the molecule is CC1CCC(C(=O)N(C)C=O)N1. The summed E-state index contributed by atoms with van der Waals surface area (Å²) in [7, 11) is 1.49. The van der Waals surface area contributed by atoms with Crippen LogP contribution in [0.15, 0.2) is 0 Å². The van der Waals surface area contributed by atoms with Gasteiger partial charge in [0.25, 0.3) is 0 Å². The van der Waals surface area contributed by atoms with E-state index in [1.807, 2.05) is 6.92 Å². The third kappa shape index (κ3) is 1.82. The van der Waals surface area contributed by atoms with E-state index in [2.05, 4.69) is 5.32 Å². The number of rotatable bonds is 2. The fraction of sp³-hybridized carbons (Fsp3) is 0.750. The van der Waals surface area contributed by atoms with E-state index >= 15 is 0 Å². The van der Waals surface area contributed by atoms with Gasteiger partial charge in [-0.25, -0.2) is 0 Å². The van der Waals surface area contributed by atoms with Crippen molar-refractivity contribution >= 4 is 12.3 Å². The zero-order valence-corrected chi connectivity index (χ0v) is 7.41. The molecule has 2 unspecified atom stereocenters. The van der Waals surface area contributed by atoms with E-state index in [1.54, 1.807) is 0 Å². The molecule has 68 valence electrons. The molecule has 0 saturated carbocycles. The topological polar surface area (TPSA) is 49.4 Å². The van der Waals surface area contributed by atoms with E-state index in [1.165, 1.54) is 7.05 Å². The molecule has 0 aromatic carbocycles. The van der Waals surface area contributed by atoms with Gasteiger partial charge in [0.15, 0.2) is 0 Å². The minimum absolute atomic E-state index is 0.130. The zero-order chi connectivity index (χ0) is 9.14. The molecular weight excluding hydrogens is 156 g/mol. The summed E-state index contributed by atoms with van der Waals surface area (Å²) < 4.78 is 0. The molecule has 4 heteroatoms. The molecule has 4 nitrogen and oxygen atoms in total. The highest BCUT2D eigenvalue weighted by Crippen LogP contribution is 2.12. The molecule has 1 aliphatic rings. The molecule has 0 spiro atoms. The fourth-order valence-corrected chi connectivity index (χ4v) is 1.42. The molecule has 2 amide bonds. The highest BCUT2D eigenvalue weighted by Gasteiger charge is 2.28. The summed E-state index contributed by atoms with van der Waals surface area (Å²) in [4.78, 5) is 22.7. The molecule has 2 atom stereocenters. The second-order valence-electron chi connectivity index (χ2n) is 3.25. The summed E-state index contributed by atoms with van der Waals surface area (Å²) in [5.74, 6) is -0.130. The number of hydrogen-bond acceptors (Lipinski definition) is 3. The molecule has 1 fully saturated rings. The first-order valence-corrected chi connectivity index (χ1v) is 4.13. The lowest BCUT2D eigenvalue weighted by molar-refractivity contribution is -0.137. The van der Waals surface area contributed by atoms with Crippen molar-refractivity contribution in [2.24, 2.45) is 0 Å². The number of carbonyl (C=O) groups is 2. The van der Waals surface area contributed by atoms with Gasteiger partial charge >= 0.3 is 0 Å². The summed E-state index contributed by atoms with van der Waals surface area (Å²) in [6.07, 6.45) is 2.38. The lowest BCUT2D eigenvalue weighted by Crippen LogP contribution is -2.42. The van der Waals surface area contributed by atoms with Crippen LogP contribution in [0.25, 0.3) is 0 Å². The van der Waals surface area contributed by atoms with Crippen molar-refractivity contribution in [3.8, 4) is 0 Å². The van der Waals surface area contributed by atoms with Crippen LogP contribution >= 0.6 is 0 Å². The first-order valence-electron chi connectivity index (χ1n) is 4.13. The van der Waals surface area contributed by atoms with Crippen LogP contribution in [0.1, 0.15) is 19.8 Å². The van der Waals surface area contributed by atoms with Crippen LogP contribution in [-0.4, -0.2) is 36.3 Å². The van der Waals surface area contributed by atoms with Crippen molar-refractivity contribution in [3.63, 3.8) is 0 Å². The van der Waals surface area contributed by atoms with Crippen LogP contribution in [0.2, 0.25) is 0 Å². The van der Waals surface area contributed by atoms with Gasteiger partial charge < -0.3 is 5.32 Å². The maximum Gasteiger partial charge on any atom is 0.245 e. The maximum atomic E-state index is 11.4. The van der Waals surface area contributed by atoms with Gasteiger partial charge in [-0.15, -0.1) is 0 Å². The normalized spacial score (nSPS) is 28.5. The quantitative estimate of drug-likeness (QED) is 0.581. The van der Waals surface area contributed by atoms with E-state index in [4.69, 9.17) is 0 Å². The van der Waals surface area contributed by atoms with Gasteiger partial charge in [0.2, 0.25) is 12.3 Å². The summed E-state index contributed by atoms with van der Waals surface area (Å²) in [5, 5.41) is 3.12. The predicted molar refractivity (Wildman–Crippen MR) is 44.5 cm³/mol. The molecule has 1 heterocycles. The third-order valence-corrected chi connectivity index (χ3v) is 2.18. The number of nitrogens with zero attached hydrogens (tertiary/aromatic N) is 1. The van der Waals surface area contributed by atoms with Crippen LogP contribution in [0.4, 0.5) is 0 Å². The zero-order valence-electron chi connectivity index (χ0n) is 7.41. The van der Waals surface area contributed by atoms with E-state index in [0.717, 1.165) is 17.7 Å². The number of nitrogens with one attached hydrogen (secondary N) is 1. The van der Waals surface area contributed by atoms with E-state index in [0.29, 0.717) is 12.5 Å². The average molecular weight is 170 g/mol. The van der Waals surface area contributed by atoms with Gasteiger partial charge in [0.1, 0.15) is 0 Å². The second-order valence-corrected chi connectivity index (χ2v) is 3.25. The number of hydrogen-bond donors (Lipinski definition) is 1. The molecule has 1 aliphatic heterocycles. The maximum absolute atomic E-state index is 11.4. The summed E-state index contributed by atoms with van der Waals surface area (Å²) in [6, 6.07) is 0.231. The Bertz CT molecular complexity index is 193. The molecule has 0 aromatic rings. The number of amides is 2. The number of imide groups is 1. The van der Waals surface area contributed by atoms with Gasteiger partial charge in [-0.2, -0.15) is 0 Å². The Kier molecular flexibility index (Phi) is 2.81. The van der Waals surface area contributed by atoms with Gasteiger partial charge in [-0.05, 0) is 19.8 Å². The van der Waals surface area contributed by atoms with Gasteiger partial charge in [-0.3, -0.25) is 14.5 Å². The summed E-state index contributed by atoms with van der Waals surface area (Å²) in [5.41, 5.74) is 0. The highest BCUT2D eigenvalue weighted by atomic mass is 16.2. The van der Waals surface area contributed by atoms with Gasteiger partial charge in [0, 0.05) is 13.1 Å². The molecule has 1 rings (SSSR count). The average Bonchev–Trinajstić information content (AvgIpc) is 2.49. The van der Waals surface area contributed by atoms with Crippen molar-refractivity contribution in [1.82, 2.24) is 10.2 Å². The lowest BCUT2D eigenvalue weighted by Gasteiger charge is -2.15. The van der Waals surface area contributed by atoms with Crippen LogP contribution in [0, 0.1) is 0 Å². The standard InChI is InChI=1S/C8H14N2O2/c1-6-3-4-7(9-6)8(12)10(2)5-11/h5-7,9H,3-4H2,1-2H3. The molecule has 1 N–H and O–H groups in total. The Balaban J connectivity index is 2.48. The third-order valence-electron chi connectivity index (χ3n) is 2.18. The number of carbonyl (C=O) groups excluding carboxylic acids is 2. The summed E-state index contributed by atoms with van der Waals surface area (Å²) in [6.45, 7) is 2.04. The molecule has 0 aromatic heterocycles. The Labute approximate surface area is 71.9 Å². The van der Waals surface area contributed by atoms with Crippen molar-refractivity contribution in [1.29, 1.82) is 0 Å².